The van der Waals surface area contributed by atoms with Crippen LogP contribution in [0.1, 0.15) is 4.88 Å². The Morgan fingerprint density at radius 2 is 2.23 bits per heavy atom. The van der Waals surface area contributed by atoms with Crippen LogP contribution in [-0.2, 0) is 0 Å². The van der Waals surface area contributed by atoms with Crippen molar-refractivity contribution in [3.63, 3.8) is 0 Å². The Morgan fingerprint density at radius 1 is 1.46 bits per heavy atom. The standard InChI is InChI=1S/C9H4BrNS2/c10-9-6-3-5(12)1-2-7(6)13-8(9)4-11/h1-3,12H. The quantitative estimate of drug-likeness (QED) is 0.723. The summed E-state index contributed by atoms with van der Waals surface area (Å²) in [6, 6.07) is 8.02. The van der Waals surface area contributed by atoms with Crippen molar-refractivity contribution >= 4 is 50.0 Å². The van der Waals surface area contributed by atoms with Gasteiger partial charge in [0.2, 0.25) is 0 Å². The van der Waals surface area contributed by atoms with Crippen molar-refractivity contribution < 1.29 is 0 Å². The van der Waals surface area contributed by atoms with Gasteiger partial charge < -0.3 is 0 Å². The largest absolute Gasteiger partial charge is 0.191 e. The van der Waals surface area contributed by atoms with Crippen molar-refractivity contribution in [3.8, 4) is 6.07 Å². The number of halogens is 1. The number of nitriles is 1. The molecule has 2 aromatic rings. The molecule has 64 valence electrons. The van der Waals surface area contributed by atoms with E-state index in [2.05, 4.69) is 34.6 Å². The molecule has 0 aliphatic carbocycles. The molecule has 4 heteroatoms. The summed E-state index contributed by atoms with van der Waals surface area (Å²) in [5.41, 5.74) is 0. The Morgan fingerprint density at radius 3 is 2.92 bits per heavy atom. The van der Waals surface area contributed by atoms with E-state index in [0.29, 0.717) is 4.88 Å². The molecule has 0 saturated carbocycles. The smallest absolute Gasteiger partial charge is 0.120 e. The molecule has 0 N–H and O–H groups in total. The van der Waals surface area contributed by atoms with Crippen LogP contribution in [-0.4, -0.2) is 0 Å². The van der Waals surface area contributed by atoms with Crippen molar-refractivity contribution in [3.05, 3.63) is 27.5 Å². The number of fused-ring (bicyclic) bond motifs is 1. The first kappa shape index (κ1) is 9.07. The van der Waals surface area contributed by atoms with E-state index < -0.39 is 0 Å². The van der Waals surface area contributed by atoms with Crippen LogP contribution < -0.4 is 0 Å². The van der Waals surface area contributed by atoms with Gasteiger partial charge in [0.05, 0.1) is 4.47 Å². The van der Waals surface area contributed by atoms with Crippen molar-refractivity contribution in [2.75, 3.05) is 0 Å². The van der Waals surface area contributed by atoms with E-state index in [-0.39, 0.29) is 0 Å². The van der Waals surface area contributed by atoms with Crippen LogP contribution in [0, 0.1) is 11.3 Å². The molecule has 13 heavy (non-hydrogen) atoms. The molecule has 0 unspecified atom stereocenters. The zero-order valence-corrected chi connectivity index (χ0v) is 9.71. The van der Waals surface area contributed by atoms with Crippen LogP contribution in [0.5, 0.6) is 0 Å². The molecule has 0 aliphatic heterocycles. The number of rotatable bonds is 0. The van der Waals surface area contributed by atoms with Crippen LogP contribution in [0.25, 0.3) is 10.1 Å². The third-order valence-electron chi connectivity index (χ3n) is 1.71. The topological polar surface area (TPSA) is 23.8 Å². The number of thiol groups is 1. The van der Waals surface area contributed by atoms with Crippen molar-refractivity contribution in [1.82, 2.24) is 0 Å². The molecule has 0 atom stereocenters. The Hall–Kier alpha value is -0.500. The average molecular weight is 270 g/mol. The molecule has 0 spiro atoms. The summed E-state index contributed by atoms with van der Waals surface area (Å²) >= 11 is 9.14. The fourth-order valence-corrected chi connectivity index (χ4v) is 2.99. The second-order valence-corrected chi connectivity index (χ2v) is 4.90. The molecule has 0 fully saturated rings. The summed E-state index contributed by atoms with van der Waals surface area (Å²) in [6.45, 7) is 0. The number of thiophene rings is 1. The number of nitrogens with zero attached hydrogens (tertiary/aromatic N) is 1. The fourth-order valence-electron chi connectivity index (χ4n) is 1.13. The van der Waals surface area contributed by atoms with Gasteiger partial charge in [-0.15, -0.1) is 24.0 Å². The van der Waals surface area contributed by atoms with Gasteiger partial charge in [-0.05, 0) is 34.1 Å². The van der Waals surface area contributed by atoms with E-state index in [1.54, 1.807) is 0 Å². The summed E-state index contributed by atoms with van der Waals surface area (Å²) < 4.78 is 1.99. The lowest BCUT2D eigenvalue weighted by Crippen LogP contribution is -1.67. The monoisotopic (exact) mass is 269 g/mol. The molecule has 2 rings (SSSR count). The summed E-state index contributed by atoms with van der Waals surface area (Å²) in [5.74, 6) is 0. The molecule has 1 aromatic carbocycles. The first-order chi connectivity index (χ1) is 6.22. The van der Waals surface area contributed by atoms with Gasteiger partial charge in [0.15, 0.2) is 0 Å². The summed E-state index contributed by atoms with van der Waals surface area (Å²) in [4.78, 5) is 1.63. The van der Waals surface area contributed by atoms with Crippen LogP contribution >= 0.6 is 39.9 Å². The van der Waals surface area contributed by atoms with Gasteiger partial charge in [0.1, 0.15) is 10.9 Å². The van der Waals surface area contributed by atoms with E-state index in [1.807, 2.05) is 18.2 Å². The highest BCUT2D eigenvalue weighted by atomic mass is 79.9. The maximum Gasteiger partial charge on any atom is 0.120 e. The minimum atomic E-state index is 0.717. The Balaban J connectivity index is 2.87. The highest BCUT2D eigenvalue weighted by Crippen LogP contribution is 2.35. The van der Waals surface area contributed by atoms with Gasteiger partial charge in [0, 0.05) is 15.0 Å². The van der Waals surface area contributed by atoms with Gasteiger partial charge in [-0.2, -0.15) is 5.26 Å². The van der Waals surface area contributed by atoms with E-state index in [1.165, 1.54) is 11.3 Å². The normalized spacial score (nSPS) is 10.2. The molecule has 0 bridgehead atoms. The highest BCUT2D eigenvalue weighted by Gasteiger charge is 2.08. The minimum absolute atomic E-state index is 0.717. The van der Waals surface area contributed by atoms with E-state index >= 15 is 0 Å². The van der Waals surface area contributed by atoms with Gasteiger partial charge in [-0.1, -0.05) is 0 Å². The zero-order valence-electron chi connectivity index (χ0n) is 6.41. The van der Waals surface area contributed by atoms with Crippen LogP contribution in [0.2, 0.25) is 0 Å². The van der Waals surface area contributed by atoms with Crippen LogP contribution in [0.3, 0.4) is 0 Å². The first-order valence-corrected chi connectivity index (χ1v) is 5.59. The Labute approximate surface area is 93.5 Å². The predicted octanol–water partition coefficient (Wildman–Crippen LogP) is 3.82. The SMILES string of the molecule is N#Cc1sc2ccc(S)cc2c1Br. The number of benzene rings is 1. The minimum Gasteiger partial charge on any atom is -0.191 e. The Kier molecular flexibility index (Phi) is 2.33. The summed E-state index contributed by atoms with van der Waals surface area (Å²) in [6.07, 6.45) is 0. The van der Waals surface area contributed by atoms with Crippen molar-refractivity contribution in [1.29, 1.82) is 5.26 Å². The molecule has 0 radical (unpaired) electrons. The Bertz CT molecular complexity index is 510. The fraction of sp³-hybridized carbons (Fsp3) is 0. The van der Waals surface area contributed by atoms with Crippen LogP contribution in [0.4, 0.5) is 0 Å². The van der Waals surface area contributed by atoms with Crippen LogP contribution in [0.15, 0.2) is 27.6 Å². The maximum atomic E-state index is 8.80. The molecule has 0 saturated heterocycles. The molecule has 1 nitrogen and oxygen atoms in total. The van der Waals surface area contributed by atoms with Crippen molar-refractivity contribution in [2.45, 2.75) is 4.90 Å². The van der Waals surface area contributed by atoms with E-state index in [9.17, 15) is 0 Å². The van der Waals surface area contributed by atoms with Crippen molar-refractivity contribution in [2.24, 2.45) is 0 Å². The van der Waals surface area contributed by atoms with Gasteiger partial charge in [-0.25, -0.2) is 0 Å². The van der Waals surface area contributed by atoms with Gasteiger partial charge in [-0.3, -0.25) is 0 Å². The predicted molar refractivity (Wildman–Crippen MR) is 61.5 cm³/mol. The summed E-state index contributed by atoms with van der Waals surface area (Å²) in [7, 11) is 0. The second-order valence-electron chi connectivity index (χ2n) is 2.54. The number of hydrogen-bond donors (Lipinski definition) is 1. The third kappa shape index (κ3) is 1.48. The molecule has 1 heterocycles. The maximum absolute atomic E-state index is 8.80. The molecule has 0 amide bonds. The molecule has 1 aromatic heterocycles. The lowest BCUT2D eigenvalue weighted by molar-refractivity contribution is 1.51. The molecular weight excluding hydrogens is 266 g/mol. The first-order valence-electron chi connectivity index (χ1n) is 3.53. The zero-order chi connectivity index (χ0) is 9.42. The average Bonchev–Trinajstić information content (AvgIpc) is 2.44. The number of hydrogen-bond acceptors (Lipinski definition) is 3. The van der Waals surface area contributed by atoms with E-state index in [0.717, 1.165) is 19.5 Å². The van der Waals surface area contributed by atoms with E-state index in [4.69, 9.17) is 5.26 Å². The summed E-state index contributed by atoms with van der Waals surface area (Å²) in [5, 5.41) is 9.86. The third-order valence-corrected chi connectivity index (χ3v) is 4.15. The lowest BCUT2D eigenvalue weighted by Gasteiger charge is -1.91. The lowest BCUT2D eigenvalue weighted by atomic mass is 10.2. The molecular formula is C9H4BrNS2. The molecule has 0 aliphatic rings. The second kappa shape index (κ2) is 3.33. The van der Waals surface area contributed by atoms with Gasteiger partial charge in [0.25, 0.3) is 0 Å². The highest BCUT2D eigenvalue weighted by molar-refractivity contribution is 9.10. The van der Waals surface area contributed by atoms with Gasteiger partial charge >= 0.3 is 0 Å².